The van der Waals surface area contributed by atoms with Crippen LogP contribution in [0.3, 0.4) is 0 Å². The highest BCUT2D eigenvalue weighted by Crippen LogP contribution is 2.16. The van der Waals surface area contributed by atoms with Gasteiger partial charge in [0.1, 0.15) is 16.9 Å². The zero-order chi connectivity index (χ0) is 21.5. The molecule has 7 heteroatoms. The molecular formula is C23H23NO6. The molecule has 0 bridgehead atoms. The number of rotatable bonds is 8. The van der Waals surface area contributed by atoms with E-state index in [2.05, 4.69) is 5.32 Å². The SMILES string of the molecule is Cc1ccc(OCC(=O)OCCCNC(=O)c2cc3ccccc3oc2=O)cc1C. The Balaban J connectivity index is 1.39. The quantitative estimate of drug-likeness (QED) is 0.349. The lowest BCUT2D eigenvalue weighted by Gasteiger charge is -2.09. The standard InChI is InChI=1S/C23H23NO6/c1-15-8-9-18(12-16(15)2)29-14-21(25)28-11-5-10-24-22(26)19-13-17-6-3-4-7-20(17)30-23(19)27/h3-4,6-9,12-13H,5,10-11,14H2,1-2H3,(H,24,26). The molecular weight excluding hydrogens is 386 g/mol. The second kappa shape index (κ2) is 9.73. The largest absolute Gasteiger partial charge is 0.482 e. The van der Waals surface area contributed by atoms with E-state index in [4.69, 9.17) is 13.9 Å². The van der Waals surface area contributed by atoms with Crippen LogP contribution in [0.25, 0.3) is 11.0 Å². The number of esters is 1. The van der Waals surface area contributed by atoms with Crippen LogP contribution in [0, 0.1) is 13.8 Å². The van der Waals surface area contributed by atoms with Crippen molar-refractivity contribution < 1.29 is 23.5 Å². The van der Waals surface area contributed by atoms with E-state index < -0.39 is 17.5 Å². The van der Waals surface area contributed by atoms with Gasteiger partial charge in [-0.15, -0.1) is 0 Å². The van der Waals surface area contributed by atoms with Crippen LogP contribution in [0.2, 0.25) is 0 Å². The van der Waals surface area contributed by atoms with Crippen molar-refractivity contribution in [3.63, 3.8) is 0 Å². The summed E-state index contributed by atoms with van der Waals surface area (Å²) in [6.07, 6.45) is 0.403. The number of amides is 1. The average Bonchev–Trinajstić information content (AvgIpc) is 2.73. The lowest BCUT2D eigenvalue weighted by molar-refractivity contribution is -0.146. The fourth-order valence-corrected chi connectivity index (χ4v) is 2.76. The first-order valence-electron chi connectivity index (χ1n) is 9.61. The van der Waals surface area contributed by atoms with E-state index in [1.807, 2.05) is 26.0 Å². The number of fused-ring (bicyclic) bond motifs is 1. The Hall–Kier alpha value is -3.61. The van der Waals surface area contributed by atoms with Crippen molar-refractivity contribution in [3.05, 3.63) is 75.6 Å². The summed E-state index contributed by atoms with van der Waals surface area (Å²) in [5.74, 6) is -0.412. The fourth-order valence-electron chi connectivity index (χ4n) is 2.76. The molecule has 0 unspecified atom stereocenters. The highest BCUT2D eigenvalue weighted by molar-refractivity contribution is 5.96. The van der Waals surface area contributed by atoms with Gasteiger partial charge in [0.05, 0.1) is 6.61 Å². The Bertz CT molecular complexity index is 1120. The third kappa shape index (κ3) is 5.47. The Kier molecular flexibility index (Phi) is 6.85. The van der Waals surface area contributed by atoms with E-state index in [0.29, 0.717) is 23.1 Å². The molecule has 0 aliphatic carbocycles. The Labute approximate surface area is 173 Å². The molecule has 1 N–H and O–H groups in total. The number of carbonyl (C=O) groups excluding carboxylic acids is 2. The molecule has 3 aromatic rings. The molecule has 3 rings (SSSR count). The van der Waals surface area contributed by atoms with E-state index in [1.165, 1.54) is 6.07 Å². The van der Waals surface area contributed by atoms with Gasteiger partial charge in [0.15, 0.2) is 6.61 Å². The number of ether oxygens (including phenoxy) is 2. The van der Waals surface area contributed by atoms with Crippen LogP contribution in [0.4, 0.5) is 0 Å². The van der Waals surface area contributed by atoms with Gasteiger partial charge in [0.2, 0.25) is 0 Å². The van der Waals surface area contributed by atoms with Gasteiger partial charge < -0.3 is 19.2 Å². The Morgan fingerprint density at radius 1 is 1.03 bits per heavy atom. The minimum atomic E-state index is -0.693. The predicted octanol–water partition coefficient (Wildman–Crippen LogP) is 3.15. The summed E-state index contributed by atoms with van der Waals surface area (Å²) >= 11 is 0. The van der Waals surface area contributed by atoms with Crippen LogP contribution >= 0.6 is 0 Å². The van der Waals surface area contributed by atoms with Crippen LogP contribution < -0.4 is 15.7 Å². The summed E-state index contributed by atoms with van der Waals surface area (Å²) < 4.78 is 15.7. The maximum atomic E-state index is 12.2. The van der Waals surface area contributed by atoms with Crippen molar-refractivity contribution in [1.82, 2.24) is 5.32 Å². The van der Waals surface area contributed by atoms with E-state index in [1.54, 1.807) is 30.3 Å². The van der Waals surface area contributed by atoms with Crippen molar-refractivity contribution in [1.29, 1.82) is 0 Å². The van der Waals surface area contributed by atoms with Crippen LogP contribution in [0.1, 0.15) is 27.9 Å². The first kappa shape index (κ1) is 21.1. The summed E-state index contributed by atoms with van der Waals surface area (Å²) in [5.41, 5.74) is 1.90. The number of benzene rings is 2. The third-order valence-corrected chi connectivity index (χ3v) is 4.59. The zero-order valence-electron chi connectivity index (χ0n) is 16.9. The van der Waals surface area contributed by atoms with Gasteiger partial charge in [-0.2, -0.15) is 0 Å². The highest BCUT2D eigenvalue weighted by atomic mass is 16.6. The lowest BCUT2D eigenvalue weighted by atomic mass is 10.1. The lowest BCUT2D eigenvalue weighted by Crippen LogP contribution is -2.29. The molecule has 30 heavy (non-hydrogen) atoms. The van der Waals surface area contributed by atoms with Gasteiger partial charge in [-0.3, -0.25) is 4.79 Å². The van der Waals surface area contributed by atoms with Crippen molar-refractivity contribution in [3.8, 4) is 5.75 Å². The van der Waals surface area contributed by atoms with Gasteiger partial charge in [0.25, 0.3) is 5.91 Å². The molecule has 0 spiro atoms. The third-order valence-electron chi connectivity index (χ3n) is 4.59. The fraction of sp³-hybridized carbons (Fsp3) is 0.261. The summed E-state index contributed by atoms with van der Waals surface area (Å²) in [4.78, 5) is 36.0. The average molecular weight is 409 g/mol. The smallest absolute Gasteiger partial charge is 0.349 e. The maximum absolute atomic E-state index is 12.2. The Morgan fingerprint density at radius 2 is 1.83 bits per heavy atom. The van der Waals surface area contributed by atoms with Crippen LogP contribution in [-0.2, 0) is 9.53 Å². The first-order valence-corrected chi connectivity index (χ1v) is 9.61. The molecule has 2 aromatic carbocycles. The van der Waals surface area contributed by atoms with Gasteiger partial charge in [-0.05, 0) is 55.7 Å². The molecule has 1 aromatic heterocycles. The summed E-state index contributed by atoms with van der Waals surface area (Å²) in [7, 11) is 0. The number of nitrogens with one attached hydrogen (secondary N) is 1. The number of hydrogen-bond donors (Lipinski definition) is 1. The van der Waals surface area contributed by atoms with Gasteiger partial charge in [-0.1, -0.05) is 24.3 Å². The van der Waals surface area contributed by atoms with Gasteiger partial charge in [-0.25, -0.2) is 9.59 Å². The molecule has 0 aliphatic heterocycles. The van der Waals surface area contributed by atoms with Crippen LogP contribution in [0.5, 0.6) is 5.75 Å². The van der Waals surface area contributed by atoms with E-state index in [0.717, 1.165) is 11.1 Å². The van der Waals surface area contributed by atoms with Crippen molar-refractivity contribution >= 4 is 22.8 Å². The predicted molar refractivity (Wildman–Crippen MR) is 112 cm³/mol. The van der Waals surface area contributed by atoms with Gasteiger partial charge in [0, 0.05) is 11.9 Å². The summed E-state index contributed by atoms with van der Waals surface area (Å²) in [6.45, 7) is 4.15. The molecule has 1 amide bonds. The number of hydrogen-bond acceptors (Lipinski definition) is 6. The van der Waals surface area contributed by atoms with E-state index in [9.17, 15) is 14.4 Å². The number of aryl methyl sites for hydroxylation is 2. The minimum absolute atomic E-state index is 0.0625. The van der Waals surface area contributed by atoms with Gasteiger partial charge >= 0.3 is 11.6 Å². The molecule has 0 aliphatic rings. The summed E-state index contributed by atoms with van der Waals surface area (Å²) in [6, 6.07) is 14.1. The van der Waals surface area contributed by atoms with E-state index >= 15 is 0 Å². The molecule has 0 saturated heterocycles. The number of carbonyl (C=O) groups is 2. The minimum Gasteiger partial charge on any atom is -0.482 e. The molecule has 0 radical (unpaired) electrons. The topological polar surface area (TPSA) is 94.8 Å². The van der Waals surface area contributed by atoms with Crippen molar-refractivity contribution in [2.45, 2.75) is 20.3 Å². The molecule has 7 nitrogen and oxygen atoms in total. The van der Waals surface area contributed by atoms with Crippen molar-refractivity contribution in [2.75, 3.05) is 19.8 Å². The maximum Gasteiger partial charge on any atom is 0.349 e. The number of para-hydroxylation sites is 1. The summed E-state index contributed by atoms with van der Waals surface area (Å²) in [5, 5.41) is 3.29. The van der Waals surface area contributed by atoms with Crippen LogP contribution in [0.15, 0.2) is 57.7 Å². The Morgan fingerprint density at radius 3 is 2.63 bits per heavy atom. The van der Waals surface area contributed by atoms with Crippen LogP contribution in [-0.4, -0.2) is 31.6 Å². The molecule has 0 atom stereocenters. The second-order valence-electron chi connectivity index (χ2n) is 6.85. The molecule has 0 fully saturated rings. The normalized spacial score (nSPS) is 10.6. The van der Waals surface area contributed by atoms with E-state index in [-0.39, 0.29) is 25.3 Å². The molecule has 156 valence electrons. The van der Waals surface area contributed by atoms with Crippen molar-refractivity contribution in [2.24, 2.45) is 0 Å². The highest BCUT2D eigenvalue weighted by Gasteiger charge is 2.13. The molecule has 0 saturated carbocycles. The molecule has 1 heterocycles. The first-order chi connectivity index (χ1) is 14.4. The monoisotopic (exact) mass is 409 g/mol. The second-order valence-corrected chi connectivity index (χ2v) is 6.85. The zero-order valence-corrected chi connectivity index (χ0v) is 16.9.